The van der Waals surface area contributed by atoms with Gasteiger partial charge in [-0.25, -0.2) is 0 Å². The van der Waals surface area contributed by atoms with Crippen molar-refractivity contribution in [3.63, 3.8) is 0 Å². The van der Waals surface area contributed by atoms with Crippen LogP contribution in [0.4, 0.5) is 0 Å². The van der Waals surface area contributed by atoms with Gasteiger partial charge in [-0.1, -0.05) is 13.8 Å². The lowest BCUT2D eigenvalue weighted by molar-refractivity contribution is -0.142. The van der Waals surface area contributed by atoms with E-state index in [-0.39, 0.29) is 5.92 Å². The highest BCUT2D eigenvalue weighted by Gasteiger charge is 2.28. The van der Waals surface area contributed by atoms with Crippen molar-refractivity contribution < 1.29 is 14.6 Å². The van der Waals surface area contributed by atoms with Gasteiger partial charge in [0.2, 0.25) is 0 Å². The Hall–Kier alpha value is -0.610. The van der Waals surface area contributed by atoms with Crippen LogP contribution in [0.2, 0.25) is 0 Å². The van der Waals surface area contributed by atoms with Crippen molar-refractivity contribution in [3.8, 4) is 0 Å². The van der Waals surface area contributed by atoms with E-state index in [2.05, 4.69) is 18.7 Å². The van der Waals surface area contributed by atoms with E-state index < -0.39 is 5.97 Å². The summed E-state index contributed by atoms with van der Waals surface area (Å²) in [6, 6.07) is 0.411. The standard InChI is InChI=1S/C12H23NO3/c1-4-13(7-9(2)12(14)15)10(3)11-5-6-16-8-11/h9-11H,4-8H2,1-3H3,(H,14,15). The van der Waals surface area contributed by atoms with Gasteiger partial charge in [-0.2, -0.15) is 0 Å². The Balaban J connectivity index is 2.48. The Morgan fingerprint density at radius 2 is 2.25 bits per heavy atom. The smallest absolute Gasteiger partial charge is 0.307 e. The normalized spacial score (nSPS) is 24.6. The van der Waals surface area contributed by atoms with Crippen LogP contribution < -0.4 is 0 Å². The van der Waals surface area contributed by atoms with Crippen LogP contribution in [0.3, 0.4) is 0 Å². The van der Waals surface area contributed by atoms with Gasteiger partial charge in [0, 0.05) is 19.2 Å². The van der Waals surface area contributed by atoms with E-state index in [9.17, 15) is 4.79 Å². The SMILES string of the molecule is CCN(CC(C)C(=O)O)C(C)C1CCOC1. The molecule has 1 rings (SSSR count). The summed E-state index contributed by atoms with van der Waals surface area (Å²) >= 11 is 0. The molecule has 0 aromatic heterocycles. The highest BCUT2D eigenvalue weighted by Crippen LogP contribution is 2.21. The second-order valence-corrected chi connectivity index (χ2v) is 4.69. The predicted molar refractivity (Wildman–Crippen MR) is 62.4 cm³/mol. The zero-order valence-corrected chi connectivity index (χ0v) is 10.5. The number of rotatable bonds is 6. The van der Waals surface area contributed by atoms with Crippen molar-refractivity contribution in [1.29, 1.82) is 0 Å². The molecule has 0 aliphatic carbocycles. The molecule has 4 heteroatoms. The first-order valence-electron chi connectivity index (χ1n) is 6.10. The molecule has 1 N–H and O–H groups in total. The maximum absolute atomic E-state index is 10.8. The summed E-state index contributed by atoms with van der Waals surface area (Å²) in [6.07, 6.45) is 1.10. The predicted octanol–water partition coefficient (Wildman–Crippen LogP) is 1.45. The number of ether oxygens (including phenoxy) is 1. The first-order chi connectivity index (χ1) is 7.56. The highest BCUT2D eigenvalue weighted by molar-refractivity contribution is 5.69. The lowest BCUT2D eigenvalue weighted by atomic mass is 9.98. The summed E-state index contributed by atoms with van der Waals surface area (Å²) < 4.78 is 5.38. The molecular weight excluding hydrogens is 206 g/mol. The summed E-state index contributed by atoms with van der Waals surface area (Å²) in [5, 5.41) is 8.92. The number of carboxylic acids is 1. The molecule has 1 aliphatic rings. The number of carbonyl (C=O) groups is 1. The molecule has 0 aromatic rings. The first-order valence-corrected chi connectivity index (χ1v) is 6.10. The van der Waals surface area contributed by atoms with Gasteiger partial charge < -0.3 is 9.84 Å². The molecule has 1 aliphatic heterocycles. The average Bonchev–Trinajstić information content (AvgIpc) is 2.77. The van der Waals surface area contributed by atoms with Gasteiger partial charge in [-0.05, 0) is 25.8 Å². The van der Waals surface area contributed by atoms with E-state index in [0.717, 1.165) is 26.2 Å². The van der Waals surface area contributed by atoms with Gasteiger partial charge in [0.25, 0.3) is 0 Å². The van der Waals surface area contributed by atoms with Crippen LogP contribution in [-0.4, -0.2) is 48.3 Å². The fourth-order valence-corrected chi connectivity index (χ4v) is 2.24. The van der Waals surface area contributed by atoms with E-state index in [4.69, 9.17) is 9.84 Å². The maximum Gasteiger partial charge on any atom is 0.307 e. The van der Waals surface area contributed by atoms with Crippen molar-refractivity contribution in [2.24, 2.45) is 11.8 Å². The third-order valence-electron chi connectivity index (χ3n) is 3.56. The molecule has 4 nitrogen and oxygen atoms in total. The largest absolute Gasteiger partial charge is 0.481 e. The number of hydrogen-bond acceptors (Lipinski definition) is 3. The molecule has 1 saturated heterocycles. The average molecular weight is 229 g/mol. The first kappa shape index (κ1) is 13.5. The maximum atomic E-state index is 10.8. The summed E-state index contributed by atoms with van der Waals surface area (Å²) in [5.41, 5.74) is 0. The molecule has 3 atom stereocenters. The minimum Gasteiger partial charge on any atom is -0.481 e. The molecule has 0 spiro atoms. The minimum absolute atomic E-state index is 0.301. The summed E-state index contributed by atoms with van der Waals surface area (Å²) in [4.78, 5) is 13.1. The second kappa shape index (κ2) is 6.21. The summed E-state index contributed by atoms with van der Waals surface area (Å²) in [6.45, 7) is 9.22. The van der Waals surface area contributed by atoms with Crippen LogP contribution in [0.25, 0.3) is 0 Å². The Bertz CT molecular complexity index is 226. The Kier molecular flexibility index (Phi) is 5.22. The molecule has 1 fully saturated rings. The topological polar surface area (TPSA) is 49.8 Å². The van der Waals surface area contributed by atoms with Gasteiger partial charge in [0.1, 0.15) is 0 Å². The van der Waals surface area contributed by atoms with E-state index in [1.165, 1.54) is 0 Å². The van der Waals surface area contributed by atoms with E-state index in [1.54, 1.807) is 6.92 Å². The number of hydrogen-bond donors (Lipinski definition) is 1. The molecule has 0 amide bonds. The van der Waals surface area contributed by atoms with Crippen LogP contribution in [0.1, 0.15) is 27.2 Å². The number of aliphatic carboxylic acids is 1. The van der Waals surface area contributed by atoms with Crippen molar-refractivity contribution in [2.75, 3.05) is 26.3 Å². The van der Waals surface area contributed by atoms with Crippen LogP contribution in [-0.2, 0) is 9.53 Å². The van der Waals surface area contributed by atoms with Gasteiger partial charge in [0.15, 0.2) is 0 Å². The fourth-order valence-electron chi connectivity index (χ4n) is 2.24. The molecule has 0 saturated carbocycles. The van der Waals surface area contributed by atoms with Crippen LogP contribution in [0, 0.1) is 11.8 Å². The zero-order chi connectivity index (χ0) is 12.1. The van der Waals surface area contributed by atoms with Crippen LogP contribution in [0.5, 0.6) is 0 Å². The quantitative estimate of drug-likeness (QED) is 0.749. The van der Waals surface area contributed by atoms with E-state index in [1.807, 2.05) is 0 Å². The Labute approximate surface area is 97.6 Å². The lowest BCUT2D eigenvalue weighted by Crippen LogP contribution is -2.42. The van der Waals surface area contributed by atoms with Crippen LogP contribution in [0.15, 0.2) is 0 Å². The summed E-state index contributed by atoms with van der Waals surface area (Å²) in [5.74, 6) is -0.459. The molecule has 3 unspecified atom stereocenters. The number of nitrogens with zero attached hydrogens (tertiary/aromatic N) is 1. The molecule has 0 radical (unpaired) electrons. The molecule has 94 valence electrons. The second-order valence-electron chi connectivity index (χ2n) is 4.69. The van der Waals surface area contributed by atoms with Crippen molar-refractivity contribution in [1.82, 2.24) is 4.90 Å². The van der Waals surface area contributed by atoms with Crippen molar-refractivity contribution >= 4 is 5.97 Å². The summed E-state index contributed by atoms with van der Waals surface area (Å²) in [7, 11) is 0. The Morgan fingerprint density at radius 3 is 2.69 bits per heavy atom. The third-order valence-corrected chi connectivity index (χ3v) is 3.56. The lowest BCUT2D eigenvalue weighted by Gasteiger charge is -2.32. The van der Waals surface area contributed by atoms with Gasteiger partial charge in [-0.15, -0.1) is 0 Å². The third kappa shape index (κ3) is 3.46. The molecule has 0 bridgehead atoms. The monoisotopic (exact) mass is 229 g/mol. The van der Waals surface area contributed by atoms with Crippen LogP contribution >= 0.6 is 0 Å². The molecule has 1 heterocycles. The van der Waals surface area contributed by atoms with Crippen molar-refractivity contribution in [2.45, 2.75) is 33.2 Å². The fraction of sp³-hybridized carbons (Fsp3) is 0.917. The molecule has 0 aromatic carbocycles. The molecule has 16 heavy (non-hydrogen) atoms. The van der Waals surface area contributed by atoms with Gasteiger partial charge in [0.05, 0.1) is 12.5 Å². The van der Waals surface area contributed by atoms with Gasteiger partial charge >= 0.3 is 5.97 Å². The molecular formula is C12H23NO3. The highest BCUT2D eigenvalue weighted by atomic mass is 16.5. The van der Waals surface area contributed by atoms with E-state index in [0.29, 0.717) is 18.5 Å². The van der Waals surface area contributed by atoms with E-state index >= 15 is 0 Å². The zero-order valence-electron chi connectivity index (χ0n) is 10.5. The Morgan fingerprint density at radius 1 is 1.56 bits per heavy atom. The number of carboxylic acid groups (broad SMARTS) is 1. The minimum atomic E-state index is -0.715. The van der Waals surface area contributed by atoms with Crippen molar-refractivity contribution in [3.05, 3.63) is 0 Å². The van der Waals surface area contributed by atoms with Gasteiger partial charge in [-0.3, -0.25) is 9.69 Å².